The molecule has 7 nitrogen and oxygen atoms in total. The van der Waals surface area contributed by atoms with Crippen LogP contribution in [0.15, 0.2) is 60.0 Å². The molecule has 0 fully saturated rings. The summed E-state index contributed by atoms with van der Waals surface area (Å²) in [6, 6.07) is 13.1. The van der Waals surface area contributed by atoms with Gasteiger partial charge in [-0.15, -0.1) is 11.3 Å². The Bertz CT molecular complexity index is 935. The molecule has 2 rings (SSSR count). The number of carbonyl (C=O) groups is 3. The molecule has 0 saturated heterocycles. The van der Waals surface area contributed by atoms with E-state index in [1.165, 1.54) is 11.6 Å². The number of carbonyl (C=O) groups excluding carboxylic acids is 2. The average Bonchev–Trinajstić information content (AvgIpc) is 3.32. The highest BCUT2D eigenvalue weighted by molar-refractivity contribution is 7.09. The van der Waals surface area contributed by atoms with Gasteiger partial charge in [0.2, 0.25) is 11.8 Å². The third kappa shape index (κ3) is 13.3. The molecule has 0 spiro atoms. The lowest BCUT2D eigenvalue weighted by atomic mass is 10.0. The minimum Gasteiger partial charge on any atom is -0.475 e. The van der Waals surface area contributed by atoms with Crippen LogP contribution in [0.1, 0.15) is 30.2 Å². The van der Waals surface area contributed by atoms with Gasteiger partial charge in [0.1, 0.15) is 0 Å². The molecule has 192 valence electrons. The van der Waals surface area contributed by atoms with Crippen LogP contribution in [-0.2, 0) is 27.2 Å². The number of nitrogens with two attached hydrogens (primary N) is 1. The molecule has 0 bridgehead atoms. The van der Waals surface area contributed by atoms with E-state index < -0.39 is 18.2 Å². The van der Waals surface area contributed by atoms with Crippen LogP contribution in [0.3, 0.4) is 0 Å². The largest absolute Gasteiger partial charge is 0.490 e. The molecule has 0 aliphatic heterocycles. The van der Waals surface area contributed by atoms with Gasteiger partial charge < -0.3 is 21.5 Å². The number of alkyl halides is 3. The molecule has 1 aromatic carbocycles. The summed E-state index contributed by atoms with van der Waals surface area (Å²) in [5.41, 5.74) is 7.27. The smallest absolute Gasteiger partial charge is 0.475 e. The zero-order valence-electron chi connectivity index (χ0n) is 19.3. The van der Waals surface area contributed by atoms with Crippen molar-refractivity contribution in [1.82, 2.24) is 10.6 Å². The Morgan fingerprint density at radius 1 is 1.14 bits per heavy atom. The minimum absolute atomic E-state index is 0.149. The van der Waals surface area contributed by atoms with Crippen molar-refractivity contribution in [3.8, 4) is 0 Å². The van der Waals surface area contributed by atoms with E-state index in [-0.39, 0.29) is 17.9 Å². The highest BCUT2D eigenvalue weighted by Gasteiger charge is 2.38. The van der Waals surface area contributed by atoms with E-state index in [0.717, 1.165) is 17.7 Å². The van der Waals surface area contributed by atoms with E-state index in [0.29, 0.717) is 19.4 Å². The summed E-state index contributed by atoms with van der Waals surface area (Å²) >= 11 is 1.59. The highest BCUT2D eigenvalue weighted by Crippen LogP contribution is 2.13. The fourth-order valence-corrected chi connectivity index (χ4v) is 3.49. The molecular formula is C24H30F3N3O4S. The first-order valence-electron chi connectivity index (χ1n) is 10.9. The van der Waals surface area contributed by atoms with E-state index in [2.05, 4.69) is 22.8 Å². The van der Waals surface area contributed by atoms with Crippen LogP contribution in [0.5, 0.6) is 0 Å². The second kappa shape index (κ2) is 15.7. The van der Waals surface area contributed by atoms with Crippen molar-refractivity contribution in [3.63, 3.8) is 0 Å². The van der Waals surface area contributed by atoms with Crippen LogP contribution in [0.2, 0.25) is 0 Å². The zero-order valence-corrected chi connectivity index (χ0v) is 20.1. The van der Waals surface area contributed by atoms with Crippen molar-refractivity contribution >= 4 is 29.1 Å². The number of rotatable bonds is 11. The highest BCUT2D eigenvalue weighted by atomic mass is 32.1. The van der Waals surface area contributed by atoms with Crippen molar-refractivity contribution in [3.05, 3.63) is 70.4 Å². The minimum atomic E-state index is -5.08. The monoisotopic (exact) mass is 513 g/mol. The Labute approximate surface area is 206 Å². The molecule has 0 aliphatic rings. The Morgan fingerprint density at radius 2 is 1.80 bits per heavy atom. The number of aryl methyl sites for hydroxylation is 1. The molecule has 0 unspecified atom stereocenters. The quantitative estimate of drug-likeness (QED) is 0.343. The Hall–Kier alpha value is -3.18. The van der Waals surface area contributed by atoms with Gasteiger partial charge >= 0.3 is 12.1 Å². The number of hydrogen-bond acceptors (Lipinski definition) is 5. The van der Waals surface area contributed by atoms with Gasteiger partial charge in [0.15, 0.2) is 0 Å². The molecule has 5 N–H and O–H groups in total. The normalized spacial score (nSPS) is 12.8. The predicted octanol–water partition coefficient (Wildman–Crippen LogP) is 3.45. The number of aliphatic carboxylic acids is 1. The van der Waals surface area contributed by atoms with Crippen LogP contribution in [0.25, 0.3) is 0 Å². The van der Waals surface area contributed by atoms with Crippen LogP contribution in [-0.4, -0.2) is 47.7 Å². The summed E-state index contributed by atoms with van der Waals surface area (Å²) in [6.45, 7) is 2.64. The van der Waals surface area contributed by atoms with Crippen LogP contribution < -0.4 is 16.4 Å². The summed E-state index contributed by atoms with van der Waals surface area (Å²) < 4.78 is 31.7. The van der Waals surface area contributed by atoms with Gasteiger partial charge in [-0.25, -0.2) is 4.79 Å². The summed E-state index contributed by atoms with van der Waals surface area (Å²) in [5.74, 6) is -3.11. The Morgan fingerprint density at radius 3 is 2.34 bits per heavy atom. The summed E-state index contributed by atoms with van der Waals surface area (Å²) in [4.78, 5) is 34.4. The van der Waals surface area contributed by atoms with E-state index in [4.69, 9.17) is 15.6 Å². The maximum Gasteiger partial charge on any atom is 0.490 e. The standard InChI is InChI=1S/C22H29N3O2S.C2HF3O2/c1-2-14-24-21(26)13-12-18(11-10-17-7-4-3-5-8-17)25-22(27)20(23)16-19-9-6-15-28-19;3-2(4,5)1(6)7/h3-9,12-13,15,18,20H,2,10-11,14,16,23H2,1H3,(H,24,26)(H,25,27);(H,6,7)/t18-,20-;/m0./s1. The number of carboxylic acids is 1. The van der Waals surface area contributed by atoms with Gasteiger partial charge in [0.05, 0.1) is 6.04 Å². The van der Waals surface area contributed by atoms with Crippen LogP contribution >= 0.6 is 11.3 Å². The average molecular weight is 514 g/mol. The van der Waals surface area contributed by atoms with Gasteiger partial charge in [0.25, 0.3) is 0 Å². The maximum absolute atomic E-state index is 12.5. The third-order valence-corrected chi connectivity index (χ3v) is 5.42. The number of thiophene rings is 1. The maximum atomic E-state index is 12.5. The second-order valence-electron chi connectivity index (χ2n) is 7.48. The third-order valence-electron chi connectivity index (χ3n) is 4.52. The van der Waals surface area contributed by atoms with E-state index in [1.54, 1.807) is 17.4 Å². The molecule has 2 aromatic rings. The summed E-state index contributed by atoms with van der Waals surface area (Å²) in [6.07, 6.45) is 1.05. The number of benzene rings is 1. The number of amides is 2. The topological polar surface area (TPSA) is 122 Å². The zero-order chi connectivity index (χ0) is 26.3. The van der Waals surface area contributed by atoms with Gasteiger partial charge in [0, 0.05) is 30.0 Å². The van der Waals surface area contributed by atoms with Crippen molar-refractivity contribution in [2.24, 2.45) is 5.73 Å². The first-order chi connectivity index (χ1) is 16.5. The van der Waals surface area contributed by atoms with Crippen LogP contribution in [0, 0.1) is 0 Å². The van der Waals surface area contributed by atoms with Gasteiger partial charge in [-0.1, -0.05) is 49.4 Å². The van der Waals surface area contributed by atoms with Crippen molar-refractivity contribution in [2.75, 3.05) is 6.54 Å². The fourth-order valence-electron chi connectivity index (χ4n) is 2.72. The second-order valence-corrected chi connectivity index (χ2v) is 8.51. The van der Waals surface area contributed by atoms with Crippen molar-refractivity contribution < 1.29 is 32.7 Å². The molecule has 1 aromatic heterocycles. The molecule has 1 heterocycles. The van der Waals surface area contributed by atoms with Gasteiger partial charge in [-0.2, -0.15) is 13.2 Å². The van der Waals surface area contributed by atoms with E-state index in [1.807, 2.05) is 42.6 Å². The lowest BCUT2D eigenvalue weighted by Crippen LogP contribution is -2.46. The molecule has 0 aliphatic carbocycles. The fraction of sp³-hybridized carbons (Fsp3) is 0.375. The first kappa shape index (κ1) is 29.9. The van der Waals surface area contributed by atoms with Crippen molar-refractivity contribution in [2.45, 2.75) is 50.9 Å². The number of halogens is 3. The lowest BCUT2D eigenvalue weighted by Gasteiger charge is -2.18. The Kier molecular flexibility index (Phi) is 13.4. The molecule has 2 atom stereocenters. The van der Waals surface area contributed by atoms with Crippen LogP contribution in [0.4, 0.5) is 13.2 Å². The number of nitrogens with one attached hydrogen (secondary N) is 2. The first-order valence-corrected chi connectivity index (χ1v) is 11.8. The van der Waals surface area contributed by atoms with E-state index in [9.17, 15) is 22.8 Å². The molecule has 0 saturated carbocycles. The molecule has 11 heteroatoms. The summed E-state index contributed by atoms with van der Waals surface area (Å²) in [7, 11) is 0. The molecule has 0 radical (unpaired) electrons. The SMILES string of the molecule is CCCNC(=O)C=C[C@H](CCc1ccccc1)NC(=O)[C@@H](N)Cc1cccs1.O=C(O)C(F)(F)F. The number of carboxylic acid groups (broad SMARTS) is 1. The molecular weight excluding hydrogens is 483 g/mol. The summed E-state index contributed by atoms with van der Waals surface area (Å²) in [5, 5.41) is 14.9. The lowest BCUT2D eigenvalue weighted by molar-refractivity contribution is -0.192. The molecule has 35 heavy (non-hydrogen) atoms. The molecule has 2 amide bonds. The predicted molar refractivity (Wildman–Crippen MR) is 129 cm³/mol. The Balaban J connectivity index is 0.000000762. The van der Waals surface area contributed by atoms with E-state index >= 15 is 0 Å². The van der Waals surface area contributed by atoms with Crippen molar-refractivity contribution in [1.29, 1.82) is 0 Å². The number of hydrogen-bond donors (Lipinski definition) is 4. The van der Waals surface area contributed by atoms with Gasteiger partial charge in [-0.05, 0) is 36.3 Å². The van der Waals surface area contributed by atoms with Gasteiger partial charge in [-0.3, -0.25) is 9.59 Å².